The van der Waals surface area contributed by atoms with E-state index in [2.05, 4.69) is 20.4 Å². The number of hydrogen-bond donors (Lipinski definition) is 2. The number of nitrogens with one attached hydrogen (secondary N) is 2. The quantitative estimate of drug-likeness (QED) is 0.429. The Labute approximate surface area is 209 Å². The number of H-pyrrole nitrogens is 1. The molecular formula is C25H21ClN6O4. The lowest BCUT2D eigenvalue weighted by molar-refractivity contribution is -0.122. The van der Waals surface area contributed by atoms with E-state index in [0.717, 1.165) is 12.1 Å². The fourth-order valence-electron chi connectivity index (χ4n) is 4.69. The van der Waals surface area contributed by atoms with E-state index in [4.69, 9.17) is 16.0 Å². The van der Waals surface area contributed by atoms with Crippen LogP contribution in [0.5, 0.6) is 0 Å². The first-order chi connectivity index (χ1) is 17.5. The fraction of sp³-hybridized carbons (Fsp3) is 0.240. The number of aryl methyl sites for hydroxylation is 1. The van der Waals surface area contributed by atoms with E-state index in [0.29, 0.717) is 46.4 Å². The number of anilines is 2. The van der Waals surface area contributed by atoms with Gasteiger partial charge >= 0.3 is 0 Å². The molecule has 1 aliphatic heterocycles. The van der Waals surface area contributed by atoms with Gasteiger partial charge in [-0.2, -0.15) is 9.78 Å². The highest BCUT2D eigenvalue weighted by Gasteiger charge is 2.36. The first-order valence-electron chi connectivity index (χ1n) is 11.6. The third-order valence-electron chi connectivity index (χ3n) is 6.50. The zero-order valence-electron chi connectivity index (χ0n) is 19.0. The minimum atomic E-state index is -0.574. The van der Waals surface area contributed by atoms with Crippen molar-refractivity contribution in [1.82, 2.24) is 19.7 Å². The molecule has 0 radical (unpaired) electrons. The highest BCUT2D eigenvalue weighted by molar-refractivity contribution is 6.30. The molecule has 4 aromatic rings. The Balaban J connectivity index is 1.30. The van der Waals surface area contributed by atoms with Crippen molar-refractivity contribution in [3.63, 3.8) is 0 Å². The van der Waals surface area contributed by atoms with E-state index >= 15 is 0 Å². The van der Waals surface area contributed by atoms with Gasteiger partial charge in [-0.25, -0.2) is 4.98 Å². The summed E-state index contributed by atoms with van der Waals surface area (Å²) in [5.41, 5.74) is 2.36. The van der Waals surface area contributed by atoms with E-state index in [1.54, 1.807) is 47.4 Å². The Hall–Kier alpha value is -4.18. The molecule has 2 aliphatic rings. The van der Waals surface area contributed by atoms with Gasteiger partial charge in [0.25, 0.3) is 5.56 Å². The molecule has 1 saturated heterocycles. The topological polar surface area (TPSA) is 126 Å². The van der Waals surface area contributed by atoms with E-state index in [9.17, 15) is 14.4 Å². The Morgan fingerprint density at radius 3 is 2.78 bits per heavy atom. The minimum Gasteiger partial charge on any atom is -0.463 e. The molecule has 1 aromatic carbocycles. The van der Waals surface area contributed by atoms with Crippen molar-refractivity contribution in [3.05, 3.63) is 75.4 Å². The van der Waals surface area contributed by atoms with Crippen LogP contribution in [0.25, 0.3) is 17.4 Å². The van der Waals surface area contributed by atoms with Crippen LogP contribution in [0.1, 0.15) is 24.1 Å². The predicted octanol–water partition coefficient (Wildman–Crippen LogP) is 3.35. The molecule has 36 heavy (non-hydrogen) atoms. The van der Waals surface area contributed by atoms with Crippen LogP contribution in [0.2, 0.25) is 5.02 Å². The molecule has 1 aliphatic carbocycles. The summed E-state index contributed by atoms with van der Waals surface area (Å²) in [6.45, 7) is 0.236. The second-order valence-electron chi connectivity index (χ2n) is 8.84. The molecule has 6 rings (SSSR count). The zero-order chi connectivity index (χ0) is 24.8. The number of fused-ring (bicyclic) bond motifs is 1. The van der Waals surface area contributed by atoms with Crippen molar-refractivity contribution in [2.75, 3.05) is 16.8 Å². The summed E-state index contributed by atoms with van der Waals surface area (Å²) in [5.74, 6) is -0.0420. The fourth-order valence-corrected chi connectivity index (χ4v) is 4.81. The Morgan fingerprint density at radius 1 is 1.17 bits per heavy atom. The second kappa shape index (κ2) is 8.80. The van der Waals surface area contributed by atoms with Gasteiger partial charge in [0.1, 0.15) is 11.5 Å². The maximum atomic E-state index is 13.3. The summed E-state index contributed by atoms with van der Waals surface area (Å²) in [6.07, 6.45) is 3.87. The molecule has 0 saturated carbocycles. The smallest absolute Gasteiger partial charge is 0.255 e. The molecular weight excluding hydrogens is 484 g/mol. The Bertz CT molecular complexity index is 1520. The number of aromatic amines is 1. The van der Waals surface area contributed by atoms with Gasteiger partial charge in [0.2, 0.25) is 17.8 Å². The number of hydrogen-bond acceptors (Lipinski definition) is 6. The number of halogens is 1. The number of carbonyl (C=O) groups excluding carboxylic acids is 2. The molecule has 0 spiro atoms. The van der Waals surface area contributed by atoms with Gasteiger partial charge in [0, 0.05) is 35.3 Å². The number of benzene rings is 1. The molecule has 4 heterocycles. The SMILES string of the molecule is O=C(Nc1cc(-c2ccco2)nn1-c1nc2c(c(=O)[nH]1)CCC2)C1CC(=O)N(c2ccc(Cl)cc2)C1. The van der Waals surface area contributed by atoms with E-state index in [-0.39, 0.29) is 36.3 Å². The predicted molar refractivity (Wildman–Crippen MR) is 132 cm³/mol. The van der Waals surface area contributed by atoms with Gasteiger partial charge in [0.05, 0.1) is 17.9 Å². The normalized spacial score (nSPS) is 17.0. The first-order valence-corrected chi connectivity index (χ1v) is 12.0. The van der Waals surface area contributed by atoms with E-state index in [1.807, 2.05) is 0 Å². The van der Waals surface area contributed by atoms with Crippen LogP contribution in [0, 0.1) is 5.92 Å². The number of aromatic nitrogens is 4. The molecule has 2 amide bonds. The first kappa shape index (κ1) is 22.3. The standard InChI is InChI=1S/C25H21ClN6O4/c26-15-6-8-16(9-7-15)31-13-14(11-22(31)33)23(34)28-21-12-19(20-5-2-10-36-20)30-32(21)25-27-18-4-1-3-17(18)24(35)29-25/h2,5-10,12,14H,1,3-4,11,13H2,(H,28,34)(H,27,29,35). The number of nitrogens with zero attached hydrogens (tertiary/aromatic N) is 4. The van der Waals surface area contributed by atoms with Crippen molar-refractivity contribution in [3.8, 4) is 17.4 Å². The third kappa shape index (κ3) is 3.99. The Kier molecular flexibility index (Phi) is 5.45. The van der Waals surface area contributed by atoms with Crippen LogP contribution < -0.4 is 15.8 Å². The molecule has 11 heteroatoms. The summed E-state index contributed by atoms with van der Waals surface area (Å²) >= 11 is 5.96. The van der Waals surface area contributed by atoms with Crippen LogP contribution in [-0.4, -0.2) is 38.1 Å². The maximum absolute atomic E-state index is 13.3. The van der Waals surface area contributed by atoms with Crippen LogP contribution in [0.4, 0.5) is 11.5 Å². The van der Waals surface area contributed by atoms with Gasteiger partial charge in [-0.1, -0.05) is 11.6 Å². The van der Waals surface area contributed by atoms with Crippen LogP contribution in [0.15, 0.2) is 57.9 Å². The monoisotopic (exact) mass is 504 g/mol. The van der Waals surface area contributed by atoms with Crippen molar-refractivity contribution >= 4 is 34.9 Å². The van der Waals surface area contributed by atoms with Gasteiger partial charge in [-0.05, 0) is 55.7 Å². The van der Waals surface area contributed by atoms with Crippen molar-refractivity contribution in [2.24, 2.45) is 5.92 Å². The average molecular weight is 505 g/mol. The highest BCUT2D eigenvalue weighted by Crippen LogP contribution is 2.29. The number of furan rings is 1. The molecule has 1 unspecified atom stereocenters. The average Bonchev–Trinajstić information content (AvgIpc) is 3.66. The lowest BCUT2D eigenvalue weighted by atomic mass is 10.1. The van der Waals surface area contributed by atoms with E-state index in [1.165, 1.54) is 10.9 Å². The summed E-state index contributed by atoms with van der Waals surface area (Å²) in [7, 11) is 0. The minimum absolute atomic E-state index is 0.0710. The molecule has 182 valence electrons. The number of carbonyl (C=O) groups is 2. The molecule has 2 N–H and O–H groups in total. The summed E-state index contributed by atoms with van der Waals surface area (Å²) < 4.78 is 6.86. The zero-order valence-corrected chi connectivity index (χ0v) is 19.8. The van der Waals surface area contributed by atoms with Crippen LogP contribution >= 0.6 is 11.6 Å². The third-order valence-corrected chi connectivity index (χ3v) is 6.75. The second-order valence-corrected chi connectivity index (χ2v) is 9.28. The largest absolute Gasteiger partial charge is 0.463 e. The summed E-state index contributed by atoms with van der Waals surface area (Å²) in [6, 6.07) is 12.0. The van der Waals surface area contributed by atoms with Crippen molar-refractivity contribution in [2.45, 2.75) is 25.7 Å². The number of rotatable bonds is 5. The van der Waals surface area contributed by atoms with Gasteiger partial charge in [-0.15, -0.1) is 0 Å². The molecule has 1 atom stereocenters. The molecule has 10 nitrogen and oxygen atoms in total. The Morgan fingerprint density at radius 2 is 2.00 bits per heavy atom. The van der Waals surface area contributed by atoms with Gasteiger partial charge < -0.3 is 14.6 Å². The lowest BCUT2D eigenvalue weighted by Gasteiger charge is -2.17. The number of amides is 2. The van der Waals surface area contributed by atoms with Crippen LogP contribution in [0.3, 0.4) is 0 Å². The molecule has 1 fully saturated rings. The summed E-state index contributed by atoms with van der Waals surface area (Å²) in [4.78, 5) is 47.5. The maximum Gasteiger partial charge on any atom is 0.255 e. The lowest BCUT2D eigenvalue weighted by Crippen LogP contribution is -2.29. The molecule has 3 aromatic heterocycles. The van der Waals surface area contributed by atoms with Gasteiger partial charge in [0.15, 0.2) is 5.76 Å². The molecule has 0 bridgehead atoms. The summed E-state index contributed by atoms with van der Waals surface area (Å²) in [5, 5.41) is 7.99. The van der Waals surface area contributed by atoms with E-state index < -0.39 is 5.92 Å². The van der Waals surface area contributed by atoms with Gasteiger partial charge in [-0.3, -0.25) is 19.4 Å². The van der Waals surface area contributed by atoms with Crippen molar-refractivity contribution in [1.29, 1.82) is 0 Å². The van der Waals surface area contributed by atoms with Crippen LogP contribution in [-0.2, 0) is 22.4 Å². The van der Waals surface area contributed by atoms with Crippen molar-refractivity contribution < 1.29 is 14.0 Å². The highest BCUT2D eigenvalue weighted by atomic mass is 35.5.